The maximum Gasteiger partial charge on any atom is 0.241 e. The Labute approximate surface area is 130 Å². The van der Waals surface area contributed by atoms with Gasteiger partial charge < -0.3 is 15.8 Å². The number of nitrogens with two attached hydrogens (primary N) is 1. The predicted molar refractivity (Wildman–Crippen MR) is 87.4 cm³/mol. The molecule has 0 saturated carbocycles. The third kappa shape index (κ3) is 4.23. The lowest BCUT2D eigenvalue weighted by molar-refractivity contribution is -0.123. The molecule has 5 nitrogen and oxygen atoms in total. The van der Waals surface area contributed by atoms with Crippen LogP contribution in [0, 0.1) is 0 Å². The fraction of sp³-hybridized carbons (Fsp3) is 0.467. The van der Waals surface area contributed by atoms with E-state index in [1.54, 1.807) is 24.3 Å². The van der Waals surface area contributed by atoms with Crippen LogP contribution in [0.25, 0.3) is 0 Å². The minimum absolute atomic E-state index is 0.0211. The molecule has 1 fully saturated rings. The Balaban J connectivity index is 1.95. The van der Waals surface area contributed by atoms with Crippen LogP contribution < -0.4 is 11.1 Å². The van der Waals surface area contributed by atoms with Gasteiger partial charge in [0, 0.05) is 24.3 Å². The molecule has 0 radical (unpaired) electrons. The van der Waals surface area contributed by atoms with Crippen molar-refractivity contribution >= 4 is 28.8 Å². The van der Waals surface area contributed by atoms with Crippen molar-refractivity contribution in [2.75, 3.05) is 25.0 Å². The molecule has 0 bridgehead atoms. The summed E-state index contributed by atoms with van der Waals surface area (Å²) >= 11 is 4.90. The molecule has 2 rings (SSSR count). The minimum atomic E-state index is -0.188. The van der Waals surface area contributed by atoms with Gasteiger partial charge in [-0.1, -0.05) is 12.2 Å². The Kier molecular flexibility index (Phi) is 5.27. The lowest BCUT2D eigenvalue weighted by Gasteiger charge is -2.34. The lowest BCUT2D eigenvalue weighted by Crippen LogP contribution is -2.50. The average molecular weight is 307 g/mol. The van der Waals surface area contributed by atoms with Crippen molar-refractivity contribution in [2.24, 2.45) is 5.73 Å². The topological polar surface area (TPSA) is 67.6 Å². The molecule has 2 unspecified atom stereocenters. The molecule has 3 N–H and O–H groups in total. The van der Waals surface area contributed by atoms with Crippen LogP contribution in [0.2, 0.25) is 0 Å². The summed E-state index contributed by atoms with van der Waals surface area (Å²) in [6.07, 6.45) is 0.166. The molecular formula is C15H21N3O2S. The lowest BCUT2D eigenvalue weighted by atomic mass is 10.2. The molecular weight excluding hydrogens is 286 g/mol. The zero-order chi connectivity index (χ0) is 15.4. The number of nitrogens with zero attached hydrogens (tertiary/aromatic N) is 1. The van der Waals surface area contributed by atoms with Crippen molar-refractivity contribution in [2.45, 2.75) is 26.0 Å². The van der Waals surface area contributed by atoms with Crippen molar-refractivity contribution in [1.82, 2.24) is 4.90 Å². The standard InChI is InChI=1S/C15H21N3O2S/c1-10-9-18(7-8-20-10)11(2)15(19)17-13-5-3-12(4-6-13)14(16)21/h3-6,10-11H,7-9H2,1-2H3,(H2,16,21)(H,17,19). The van der Waals surface area contributed by atoms with Crippen LogP contribution in [-0.2, 0) is 9.53 Å². The Morgan fingerprint density at radius 3 is 2.71 bits per heavy atom. The summed E-state index contributed by atoms with van der Waals surface area (Å²) in [6.45, 7) is 6.15. The summed E-state index contributed by atoms with van der Waals surface area (Å²) in [5.74, 6) is -0.0211. The molecule has 1 aromatic carbocycles. The van der Waals surface area contributed by atoms with E-state index in [9.17, 15) is 4.79 Å². The molecule has 1 aromatic rings. The van der Waals surface area contributed by atoms with E-state index in [1.165, 1.54) is 0 Å². The first kappa shape index (κ1) is 15.9. The van der Waals surface area contributed by atoms with E-state index in [1.807, 2.05) is 13.8 Å². The maximum atomic E-state index is 12.3. The first-order valence-electron chi connectivity index (χ1n) is 7.03. The smallest absolute Gasteiger partial charge is 0.241 e. The molecule has 1 heterocycles. The highest BCUT2D eigenvalue weighted by atomic mass is 32.1. The second kappa shape index (κ2) is 6.98. The number of amides is 1. The largest absolute Gasteiger partial charge is 0.389 e. The first-order valence-corrected chi connectivity index (χ1v) is 7.44. The zero-order valence-corrected chi connectivity index (χ0v) is 13.2. The summed E-state index contributed by atoms with van der Waals surface area (Å²) in [5.41, 5.74) is 7.08. The molecule has 1 amide bonds. The van der Waals surface area contributed by atoms with E-state index in [0.717, 1.165) is 24.3 Å². The van der Waals surface area contributed by atoms with Gasteiger partial charge in [-0.2, -0.15) is 0 Å². The Morgan fingerprint density at radius 1 is 1.48 bits per heavy atom. The van der Waals surface area contributed by atoms with Crippen molar-refractivity contribution in [3.63, 3.8) is 0 Å². The van der Waals surface area contributed by atoms with Crippen LogP contribution in [0.3, 0.4) is 0 Å². The van der Waals surface area contributed by atoms with Crippen LogP contribution in [0.5, 0.6) is 0 Å². The number of carbonyl (C=O) groups excluding carboxylic acids is 1. The molecule has 1 aliphatic rings. The monoisotopic (exact) mass is 307 g/mol. The number of hydrogen-bond acceptors (Lipinski definition) is 4. The zero-order valence-electron chi connectivity index (χ0n) is 12.3. The third-order valence-electron chi connectivity index (χ3n) is 3.64. The Bertz CT molecular complexity index is 518. The number of ether oxygens (including phenoxy) is 1. The fourth-order valence-corrected chi connectivity index (χ4v) is 2.46. The number of morpholine rings is 1. The van der Waals surface area contributed by atoms with Gasteiger partial charge in [0.2, 0.25) is 5.91 Å². The summed E-state index contributed by atoms with van der Waals surface area (Å²) in [4.78, 5) is 14.8. The molecule has 0 aliphatic carbocycles. The Morgan fingerprint density at radius 2 is 2.14 bits per heavy atom. The van der Waals surface area contributed by atoms with Crippen LogP contribution in [-0.4, -0.2) is 47.6 Å². The molecule has 1 saturated heterocycles. The van der Waals surface area contributed by atoms with Crippen molar-refractivity contribution in [1.29, 1.82) is 0 Å². The highest BCUT2D eigenvalue weighted by molar-refractivity contribution is 7.80. The molecule has 2 atom stereocenters. The second-order valence-electron chi connectivity index (χ2n) is 5.28. The first-order chi connectivity index (χ1) is 9.97. The molecule has 6 heteroatoms. The molecule has 0 spiro atoms. The van der Waals surface area contributed by atoms with Crippen molar-refractivity contribution < 1.29 is 9.53 Å². The summed E-state index contributed by atoms with van der Waals surface area (Å²) in [7, 11) is 0. The molecule has 1 aliphatic heterocycles. The van der Waals surface area contributed by atoms with Crippen LogP contribution in [0.4, 0.5) is 5.69 Å². The van der Waals surface area contributed by atoms with E-state index in [4.69, 9.17) is 22.7 Å². The number of anilines is 1. The van der Waals surface area contributed by atoms with Gasteiger partial charge in [-0.3, -0.25) is 9.69 Å². The van der Waals surface area contributed by atoms with E-state index in [2.05, 4.69) is 10.2 Å². The predicted octanol–water partition coefficient (Wildman–Crippen LogP) is 1.37. The van der Waals surface area contributed by atoms with Gasteiger partial charge in [0.05, 0.1) is 18.8 Å². The fourth-order valence-electron chi connectivity index (χ4n) is 2.33. The summed E-state index contributed by atoms with van der Waals surface area (Å²) < 4.78 is 5.49. The average Bonchev–Trinajstić information content (AvgIpc) is 2.47. The van der Waals surface area contributed by atoms with Gasteiger partial charge in [-0.15, -0.1) is 0 Å². The SMILES string of the molecule is CC1CN(C(C)C(=O)Nc2ccc(C(N)=S)cc2)CCO1. The number of rotatable bonds is 4. The number of thiocarbonyl (C=S) groups is 1. The van der Waals surface area contributed by atoms with Gasteiger partial charge >= 0.3 is 0 Å². The van der Waals surface area contributed by atoms with Gasteiger partial charge in [0.1, 0.15) is 4.99 Å². The van der Waals surface area contributed by atoms with Crippen LogP contribution >= 0.6 is 12.2 Å². The van der Waals surface area contributed by atoms with Gasteiger partial charge in [-0.05, 0) is 38.1 Å². The normalized spacial score (nSPS) is 20.8. The number of hydrogen-bond donors (Lipinski definition) is 2. The summed E-state index contributed by atoms with van der Waals surface area (Å²) in [5, 5.41) is 2.91. The van der Waals surface area contributed by atoms with Crippen LogP contribution in [0.15, 0.2) is 24.3 Å². The Hall–Kier alpha value is -1.50. The quantitative estimate of drug-likeness (QED) is 0.822. The van der Waals surface area contributed by atoms with Gasteiger partial charge in [0.15, 0.2) is 0 Å². The van der Waals surface area contributed by atoms with Gasteiger partial charge in [-0.25, -0.2) is 0 Å². The number of benzene rings is 1. The van der Waals surface area contributed by atoms with E-state index in [0.29, 0.717) is 11.6 Å². The molecule has 114 valence electrons. The highest BCUT2D eigenvalue weighted by Crippen LogP contribution is 2.13. The molecule has 0 aromatic heterocycles. The highest BCUT2D eigenvalue weighted by Gasteiger charge is 2.25. The van der Waals surface area contributed by atoms with E-state index in [-0.39, 0.29) is 18.1 Å². The second-order valence-corrected chi connectivity index (χ2v) is 5.72. The maximum absolute atomic E-state index is 12.3. The molecule has 21 heavy (non-hydrogen) atoms. The third-order valence-corrected chi connectivity index (χ3v) is 3.87. The van der Waals surface area contributed by atoms with Crippen molar-refractivity contribution in [3.05, 3.63) is 29.8 Å². The summed E-state index contributed by atoms with van der Waals surface area (Å²) in [6, 6.07) is 7.03. The van der Waals surface area contributed by atoms with Crippen LogP contribution in [0.1, 0.15) is 19.4 Å². The van der Waals surface area contributed by atoms with E-state index >= 15 is 0 Å². The van der Waals surface area contributed by atoms with Crippen molar-refractivity contribution in [3.8, 4) is 0 Å². The van der Waals surface area contributed by atoms with E-state index < -0.39 is 0 Å². The number of nitrogens with one attached hydrogen (secondary N) is 1. The minimum Gasteiger partial charge on any atom is -0.389 e. The van der Waals surface area contributed by atoms with Gasteiger partial charge in [0.25, 0.3) is 0 Å². The number of carbonyl (C=O) groups is 1.